The molecule has 0 radical (unpaired) electrons. The van der Waals surface area contributed by atoms with Gasteiger partial charge in [-0.2, -0.15) is 0 Å². The zero-order chi connectivity index (χ0) is 13.2. The molecule has 3 rings (SSSR count). The first-order valence-electron chi connectivity index (χ1n) is 6.94. The van der Waals surface area contributed by atoms with E-state index in [-0.39, 0.29) is 6.04 Å². The summed E-state index contributed by atoms with van der Waals surface area (Å²) in [6.45, 7) is 6.42. The minimum absolute atomic E-state index is 0.0123. The zero-order valence-electron chi connectivity index (χ0n) is 11.3. The molecule has 1 aliphatic rings. The number of benzene rings is 1. The molecule has 1 saturated heterocycles. The lowest BCUT2D eigenvalue weighted by Gasteiger charge is -2.35. The molecule has 1 fully saturated rings. The highest BCUT2D eigenvalue weighted by molar-refractivity contribution is 5.81. The predicted molar refractivity (Wildman–Crippen MR) is 77.0 cm³/mol. The van der Waals surface area contributed by atoms with E-state index in [9.17, 15) is 0 Å². The smallest absolute Gasteiger partial charge is 0.134 e. The van der Waals surface area contributed by atoms with E-state index in [1.807, 2.05) is 24.5 Å². The Morgan fingerprint density at radius 2 is 2.00 bits per heavy atom. The number of para-hydroxylation sites is 1. The zero-order valence-corrected chi connectivity index (χ0v) is 11.3. The number of nitrogens with zero attached hydrogens (tertiary/aromatic N) is 1. The summed E-state index contributed by atoms with van der Waals surface area (Å²) < 4.78 is 5.60. The lowest BCUT2D eigenvalue weighted by Crippen LogP contribution is -2.50. The van der Waals surface area contributed by atoms with Gasteiger partial charge in [-0.05, 0) is 13.0 Å². The molecule has 1 aromatic heterocycles. The van der Waals surface area contributed by atoms with Crippen LogP contribution < -0.4 is 11.1 Å². The largest absolute Gasteiger partial charge is 0.464 e. The summed E-state index contributed by atoms with van der Waals surface area (Å²) in [7, 11) is 0. The maximum atomic E-state index is 6.46. The van der Waals surface area contributed by atoms with Crippen LogP contribution in [0, 0.1) is 0 Å². The molecule has 2 heterocycles. The first-order valence-corrected chi connectivity index (χ1v) is 6.94. The summed E-state index contributed by atoms with van der Waals surface area (Å²) in [6.07, 6.45) is 1.81. The van der Waals surface area contributed by atoms with Gasteiger partial charge >= 0.3 is 0 Å². The van der Waals surface area contributed by atoms with Crippen LogP contribution in [-0.2, 0) is 0 Å². The fourth-order valence-electron chi connectivity index (χ4n) is 2.83. The summed E-state index contributed by atoms with van der Waals surface area (Å²) in [5, 5.41) is 4.51. The lowest BCUT2D eigenvalue weighted by atomic mass is 9.99. The summed E-state index contributed by atoms with van der Waals surface area (Å²) in [4.78, 5) is 2.45. The van der Waals surface area contributed by atoms with Gasteiger partial charge in [0.2, 0.25) is 0 Å². The third-order valence-corrected chi connectivity index (χ3v) is 4.12. The van der Waals surface area contributed by atoms with Crippen molar-refractivity contribution in [3.63, 3.8) is 0 Å². The Hall–Kier alpha value is -1.36. The topological polar surface area (TPSA) is 54.4 Å². The highest BCUT2D eigenvalue weighted by atomic mass is 16.3. The van der Waals surface area contributed by atoms with Gasteiger partial charge in [0.15, 0.2) is 0 Å². The van der Waals surface area contributed by atoms with Crippen LogP contribution in [0.2, 0.25) is 0 Å². The Kier molecular flexibility index (Phi) is 3.55. The van der Waals surface area contributed by atoms with Gasteiger partial charge in [-0.25, -0.2) is 0 Å². The third kappa shape index (κ3) is 2.39. The van der Waals surface area contributed by atoms with Crippen LogP contribution in [0.4, 0.5) is 0 Å². The van der Waals surface area contributed by atoms with Crippen molar-refractivity contribution < 1.29 is 4.42 Å². The Morgan fingerprint density at radius 1 is 1.26 bits per heavy atom. The molecule has 19 heavy (non-hydrogen) atoms. The molecule has 0 saturated carbocycles. The molecule has 3 N–H and O–H groups in total. The molecule has 4 heteroatoms. The van der Waals surface area contributed by atoms with E-state index < -0.39 is 0 Å². The van der Waals surface area contributed by atoms with E-state index in [4.69, 9.17) is 10.2 Å². The van der Waals surface area contributed by atoms with Crippen LogP contribution in [0.3, 0.4) is 0 Å². The molecule has 2 atom stereocenters. The fraction of sp³-hybridized carbons (Fsp3) is 0.467. The second-order valence-electron chi connectivity index (χ2n) is 5.24. The first-order chi connectivity index (χ1) is 9.27. The summed E-state index contributed by atoms with van der Waals surface area (Å²) in [6, 6.07) is 8.40. The van der Waals surface area contributed by atoms with E-state index in [1.54, 1.807) is 0 Å². The fourth-order valence-corrected chi connectivity index (χ4v) is 2.83. The van der Waals surface area contributed by atoms with Gasteiger partial charge in [-0.1, -0.05) is 18.2 Å². The number of nitrogens with two attached hydrogens (primary N) is 1. The van der Waals surface area contributed by atoms with E-state index in [2.05, 4.69) is 23.2 Å². The minimum Gasteiger partial charge on any atom is -0.464 e. The van der Waals surface area contributed by atoms with Crippen LogP contribution in [0.15, 0.2) is 34.9 Å². The highest BCUT2D eigenvalue weighted by Gasteiger charge is 2.25. The maximum Gasteiger partial charge on any atom is 0.134 e. The number of nitrogens with one attached hydrogen (secondary N) is 1. The molecule has 1 aromatic carbocycles. The summed E-state index contributed by atoms with van der Waals surface area (Å²) in [5.74, 6) is 0. The summed E-state index contributed by atoms with van der Waals surface area (Å²) >= 11 is 0. The number of hydrogen-bond donors (Lipinski definition) is 2. The van der Waals surface area contributed by atoms with Gasteiger partial charge in [0, 0.05) is 49.2 Å². The molecule has 0 aliphatic carbocycles. The molecule has 0 bridgehead atoms. The molecule has 0 spiro atoms. The summed E-state index contributed by atoms with van der Waals surface area (Å²) in [5.41, 5.74) is 8.49. The van der Waals surface area contributed by atoms with Gasteiger partial charge in [0.1, 0.15) is 5.58 Å². The van der Waals surface area contributed by atoms with Crippen molar-refractivity contribution in [2.45, 2.75) is 19.0 Å². The van der Waals surface area contributed by atoms with Crippen molar-refractivity contribution in [1.82, 2.24) is 10.2 Å². The molecular weight excluding hydrogens is 238 g/mol. The molecule has 4 nitrogen and oxygen atoms in total. The molecule has 0 amide bonds. The molecular formula is C15H21N3O. The van der Waals surface area contributed by atoms with Gasteiger partial charge in [-0.3, -0.25) is 4.90 Å². The Bertz CT molecular complexity index is 545. The van der Waals surface area contributed by atoms with Crippen LogP contribution in [0.5, 0.6) is 0 Å². The van der Waals surface area contributed by atoms with Crippen molar-refractivity contribution in [2.75, 3.05) is 26.2 Å². The van der Waals surface area contributed by atoms with E-state index in [0.717, 1.165) is 42.7 Å². The number of rotatable bonds is 3. The second kappa shape index (κ2) is 5.33. The van der Waals surface area contributed by atoms with Gasteiger partial charge in [0.25, 0.3) is 0 Å². The van der Waals surface area contributed by atoms with Crippen molar-refractivity contribution in [1.29, 1.82) is 0 Å². The minimum atomic E-state index is -0.0123. The van der Waals surface area contributed by atoms with Crippen LogP contribution in [-0.4, -0.2) is 37.1 Å². The Balaban J connectivity index is 1.84. The van der Waals surface area contributed by atoms with Crippen LogP contribution in [0.25, 0.3) is 11.0 Å². The molecule has 2 unspecified atom stereocenters. The van der Waals surface area contributed by atoms with Gasteiger partial charge < -0.3 is 15.5 Å². The van der Waals surface area contributed by atoms with E-state index in [1.165, 1.54) is 0 Å². The van der Waals surface area contributed by atoms with Gasteiger partial charge in [-0.15, -0.1) is 0 Å². The Morgan fingerprint density at radius 3 is 2.79 bits per heavy atom. The van der Waals surface area contributed by atoms with E-state index in [0.29, 0.717) is 6.04 Å². The van der Waals surface area contributed by atoms with Crippen molar-refractivity contribution in [3.8, 4) is 0 Å². The molecule has 2 aromatic rings. The maximum absolute atomic E-state index is 6.46. The highest BCUT2D eigenvalue weighted by Crippen LogP contribution is 2.28. The number of fused-ring (bicyclic) bond motifs is 1. The second-order valence-corrected chi connectivity index (χ2v) is 5.24. The average molecular weight is 259 g/mol. The van der Waals surface area contributed by atoms with E-state index >= 15 is 0 Å². The normalized spacial score (nSPS) is 20.5. The van der Waals surface area contributed by atoms with Crippen molar-refractivity contribution >= 4 is 11.0 Å². The first kappa shape index (κ1) is 12.7. The van der Waals surface area contributed by atoms with Crippen LogP contribution in [0.1, 0.15) is 18.5 Å². The SMILES string of the molecule is CC(C(N)c1coc2ccccc12)N1CCNCC1. The Labute approximate surface area is 113 Å². The third-order valence-electron chi connectivity index (χ3n) is 4.12. The number of piperazine rings is 1. The predicted octanol–water partition coefficient (Wildman–Crippen LogP) is 1.73. The average Bonchev–Trinajstić information content (AvgIpc) is 2.90. The molecule has 102 valence electrons. The quantitative estimate of drug-likeness (QED) is 0.881. The number of hydrogen-bond acceptors (Lipinski definition) is 4. The lowest BCUT2D eigenvalue weighted by molar-refractivity contribution is 0.163. The standard InChI is InChI=1S/C15H21N3O/c1-11(18-8-6-17-7-9-18)15(16)13-10-19-14-5-3-2-4-12(13)14/h2-5,10-11,15,17H,6-9,16H2,1H3. The number of furan rings is 1. The van der Waals surface area contributed by atoms with Crippen molar-refractivity contribution in [3.05, 3.63) is 36.1 Å². The van der Waals surface area contributed by atoms with Crippen molar-refractivity contribution in [2.24, 2.45) is 5.73 Å². The van der Waals surface area contributed by atoms with Crippen LogP contribution >= 0.6 is 0 Å². The van der Waals surface area contributed by atoms with Gasteiger partial charge in [0.05, 0.1) is 6.26 Å². The monoisotopic (exact) mass is 259 g/mol. The molecule has 1 aliphatic heterocycles.